The second kappa shape index (κ2) is 4.77. The molecule has 0 aliphatic rings. The zero-order valence-electron chi connectivity index (χ0n) is 10.0. The van der Waals surface area contributed by atoms with Crippen LogP contribution in [0.15, 0.2) is 10.6 Å². The summed E-state index contributed by atoms with van der Waals surface area (Å²) in [4.78, 5) is 0. The smallest absolute Gasteiger partial charge is 0.133 e. The van der Waals surface area contributed by atoms with Crippen LogP contribution in [0.1, 0.15) is 32.2 Å². The molecule has 3 N–H and O–H groups in total. The Balaban J connectivity index is 2.55. The predicted octanol–water partition coefficient (Wildman–Crippen LogP) is 1.45. The summed E-state index contributed by atoms with van der Waals surface area (Å²) < 4.78 is 5.00. The third kappa shape index (κ3) is 3.04. The maximum absolute atomic E-state index is 5.77. The van der Waals surface area contributed by atoms with Crippen molar-refractivity contribution in [1.29, 1.82) is 0 Å². The molecule has 1 aromatic heterocycles. The van der Waals surface area contributed by atoms with E-state index in [9.17, 15) is 0 Å². The van der Waals surface area contributed by atoms with E-state index in [2.05, 4.69) is 31.2 Å². The SMILES string of the molecule is Cc1cc(CNC(C)(CN)C(C)C)no1. The zero-order valence-corrected chi connectivity index (χ0v) is 10.0. The van der Waals surface area contributed by atoms with E-state index in [1.807, 2.05) is 13.0 Å². The van der Waals surface area contributed by atoms with E-state index in [0.717, 1.165) is 11.5 Å². The van der Waals surface area contributed by atoms with Gasteiger partial charge in [0.1, 0.15) is 5.76 Å². The monoisotopic (exact) mass is 211 g/mol. The highest BCUT2D eigenvalue weighted by molar-refractivity contribution is 5.04. The Morgan fingerprint density at radius 3 is 2.67 bits per heavy atom. The second-order valence-corrected chi connectivity index (χ2v) is 4.56. The fourth-order valence-corrected chi connectivity index (χ4v) is 1.31. The van der Waals surface area contributed by atoms with Crippen LogP contribution in [0.3, 0.4) is 0 Å². The minimum absolute atomic E-state index is 0.0488. The number of hydrogen-bond acceptors (Lipinski definition) is 4. The fourth-order valence-electron chi connectivity index (χ4n) is 1.31. The zero-order chi connectivity index (χ0) is 11.5. The topological polar surface area (TPSA) is 64.1 Å². The summed E-state index contributed by atoms with van der Waals surface area (Å²) in [6.07, 6.45) is 0. The van der Waals surface area contributed by atoms with Crippen molar-refractivity contribution in [1.82, 2.24) is 10.5 Å². The van der Waals surface area contributed by atoms with Gasteiger partial charge in [-0.2, -0.15) is 0 Å². The molecule has 0 spiro atoms. The average Bonchev–Trinajstić information content (AvgIpc) is 2.60. The molecule has 0 bridgehead atoms. The average molecular weight is 211 g/mol. The van der Waals surface area contributed by atoms with Crippen LogP contribution in [0.25, 0.3) is 0 Å². The first kappa shape index (κ1) is 12.2. The number of aromatic nitrogens is 1. The molecule has 4 nitrogen and oxygen atoms in total. The van der Waals surface area contributed by atoms with Gasteiger partial charge in [-0.05, 0) is 19.8 Å². The lowest BCUT2D eigenvalue weighted by molar-refractivity contribution is 0.263. The maximum Gasteiger partial charge on any atom is 0.133 e. The molecule has 0 aromatic carbocycles. The maximum atomic E-state index is 5.77. The Morgan fingerprint density at radius 1 is 1.60 bits per heavy atom. The Labute approximate surface area is 91.2 Å². The normalized spacial score (nSPS) is 15.6. The third-order valence-electron chi connectivity index (χ3n) is 3.05. The molecule has 1 unspecified atom stereocenters. The highest BCUT2D eigenvalue weighted by Crippen LogP contribution is 2.15. The van der Waals surface area contributed by atoms with Crippen molar-refractivity contribution >= 4 is 0 Å². The molecule has 1 atom stereocenters. The molecular weight excluding hydrogens is 190 g/mol. The summed E-state index contributed by atoms with van der Waals surface area (Å²) in [6, 6.07) is 1.93. The van der Waals surface area contributed by atoms with E-state index in [4.69, 9.17) is 10.3 Å². The van der Waals surface area contributed by atoms with E-state index in [1.165, 1.54) is 0 Å². The molecule has 0 fully saturated rings. The quantitative estimate of drug-likeness (QED) is 0.773. The fraction of sp³-hybridized carbons (Fsp3) is 0.727. The van der Waals surface area contributed by atoms with Gasteiger partial charge in [-0.25, -0.2) is 0 Å². The highest BCUT2D eigenvalue weighted by atomic mass is 16.5. The predicted molar refractivity (Wildman–Crippen MR) is 60.4 cm³/mol. The second-order valence-electron chi connectivity index (χ2n) is 4.56. The molecular formula is C11H21N3O. The minimum atomic E-state index is -0.0488. The lowest BCUT2D eigenvalue weighted by Crippen LogP contribution is -2.52. The molecule has 0 saturated heterocycles. The standard InChI is InChI=1S/C11H21N3O/c1-8(2)11(4,7-12)13-6-10-5-9(3)15-14-10/h5,8,13H,6-7,12H2,1-4H3. The van der Waals surface area contributed by atoms with Crippen molar-refractivity contribution in [2.24, 2.45) is 11.7 Å². The van der Waals surface area contributed by atoms with Crippen molar-refractivity contribution in [3.8, 4) is 0 Å². The van der Waals surface area contributed by atoms with Crippen LogP contribution in [0.2, 0.25) is 0 Å². The van der Waals surface area contributed by atoms with Crippen molar-refractivity contribution in [2.75, 3.05) is 6.54 Å². The van der Waals surface area contributed by atoms with Crippen molar-refractivity contribution in [3.05, 3.63) is 17.5 Å². The van der Waals surface area contributed by atoms with Gasteiger partial charge in [-0.15, -0.1) is 0 Å². The van der Waals surface area contributed by atoms with Crippen LogP contribution in [-0.2, 0) is 6.54 Å². The Bertz CT molecular complexity index is 309. The van der Waals surface area contributed by atoms with Crippen molar-refractivity contribution in [3.63, 3.8) is 0 Å². The summed E-state index contributed by atoms with van der Waals surface area (Å²) in [5, 5.41) is 7.36. The van der Waals surface area contributed by atoms with Crippen LogP contribution in [-0.4, -0.2) is 17.2 Å². The Hall–Kier alpha value is -0.870. The summed E-state index contributed by atoms with van der Waals surface area (Å²) in [5.74, 6) is 1.32. The first-order chi connectivity index (χ1) is 6.98. The number of nitrogens with two attached hydrogens (primary N) is 1. The lowest BCUT2D eigenvalue weighted by Gasteiger charge is -2.33. The number of nitrogens with zero attached hydrogens (tertiary/aromatic N) is 1. The third-order valence-corrected chi connectivity index (χ3v) is 3.05. The molecule has 86 valence electrons. The van der Waals surface area contributed by atoms with Gasteiger partial charge in [-0.3, -0.25) is 0 Å². The van der Waals surface area contributed by atoms with Gasteiger partial charge in [0.15, 0.2) is 0 Å². The highest BCUT2D eigenvalue weighted by Gasteiger charge is 2.25. The summed E-state index contributed by atoms with van der Waals surface area (Å²) in [7, 11) is 0. The van der Waals surface area contributed by atoms with Gasteiger partial charge in [0.2, 0.25) is 0 Å². The van der Waals surface area contributed by atoms with Crippen LogP contribution in [0, 0.1) is 12.8 Å². The minimum Gasteiger partial charge on any atom is -0.361 e. The molecule has 1 heterocycles. The Morgan fingerprint density at radius 2 is 2.27 bits per heavy atom. The van der Waals surface area contributed by atoms with Gasteiger partial charge in [0.05, 0.1) is 5.69 Å². The number of aryl methyl sites for hydroxylation is 1. The van der Waals surface area contributed by atoms with E-state index in [1.54, 1.807) is 0 Å². The van der Waals surface area contributed by atoms with Crippen molar-refractivity contribution < 1.29 is 4.52 Å². The summed E-state index contributed by atoms with van der Waals surface area (Å²) in [6.45, 7) is 9.65. The van der Waals surface area contributed by atoms with Crippen LogP contribution in [0.5, 0.6) is 0 Å². The van der Waals surface area contributed by atoms with Gasteiger partial charge < -0.3 is 15.6 Å². The van der Waals surface area contributed by atoms with E-state index >= 15 is 0 Å². The van der Waals surface area contributed by atoms with Gasteiger partial charge in [0.25, 0.3) is 0 Å². The van der Waals surface area contributed by atoms with Crippen LogP contribution < -0.4 is 11.1 Å². The lowest BCUT2D eigenvalue weighted by atomic mass is 9.88. The molecule has 1 aromatic rings. The largest absolute Gasteiger partial charge is 0.361 e. The van der Waals surface area contributed by atoms with Crippen LogP contribution >= 0.6 is 0 Å². The van der Waals surface area contributed by atoms with E-state index in [-0.39, 0.29) is 5.54 Å². The molecule has 0 radical (unpaired) electrons. The number of rotatable bonds is 5. The van der Waals surface area contributed by atoms with Crippen LogP contribution in [0.4, 0.5) is 0 Å². The molecule has 1 rings (SSSR count). The van der Waals surface area contributed by atoms with Gasteiger partial charge >= 0.3 is 0 Å². The van der Waals surface area contributed by atoms with Crippen molar-refractivity contribution in [2.45, 2.75) is 39.8 Å². The first-order valence-electron chi connectivity index (χ1n) is 5.35. The number of nitrogens with one attached hydrogen (secondary N) is 1. The molecule has 0 saturated carbocycles. The molecule has 0 aliphatic heterocycles. The summed E-state index contributed by atoms with van der Waals surface area (Å²) in [5.41, 5.74) is 6.65. The molecule has 15 heavy (non-hydrogen) atoms. The molecule has 0 amide bonds. The van der Waals surface area contributed by atoms with E-state index < -0.39 is 0 Å². The Kier molecular flexibility index (Phi) is 3.88. The first-order valence-corrected chi connectivity index (χ1v) is 5.35. The van der Waals surface area contributed by atoms with Gasteiger partial charge in [-0.1, -0.05) is 19.0 Å². The molecule has 0 aliphatic carbocycles. The number of hydrogen-bond donors (Lipinski definition) is 2. The summed E-state index contributed by atoms with van der Waals surface area (Å²) >= 11 is 0. The van der Waals surface area contributed by atoms with Gasteiger partial charge in [0, 0.05) is 24.7 Å². The molecule has 4 heteroatoms. The van der Waals surface area contributed by atoms with E-state index in [0.29, 0.717) is 19.0 Å².